The van der Waals surface area contributed by atoms with Crippen LogP contribution in [0.15, 0.2) is 24.3 Å². The topological polar surface area (TPSA) is 52.7 Å². The Kier molecular flexibility index (Phi) is 4.28. The van der Waals surface area contributed by atoms with Crippen molar-refractivity contribution in [2.24, 2.45) is 11.3 Å². The smallest absolute Gasteiger partial charge is 0.253 e. The van der Waals surface area contributed by atoms with E-state index >= 15 is 0 Å². The Morgan fingerprint density at radius 1 is 1.00 bits per heavy atom. The zero-order valence-corrected chi connectivity index (χ0v) is 15.0. The molecule has 2 heterocycles. The van der Waals surface area contributed by atoms with E-state index < -0.39 is 0 Å². The van der Waals surface area contributed by atoms with Gasteiger partial charge in [-0.05, 0) is 56.8 Å². The SMILES string of the molecule is Cc1ccc(C(=O)N2CCN(C(=O)C3CC34CCNCC4)CC2)cc1. The first-order valence-corrected chi connectivity index (χ1v) is 9.45. The molecule has 5 nitrogen and oxygen atoms in total. The molecule has 1 spiro atoms. The van der Waals surface area contributed by atoms with E-state index in [-0.39, 0.29) is 17.2 Å². The summed E-state index contributed by atoms with van der Waals surface area (Å²) in [6.07, 6.45) is 3.33. The van der Waals surface area contributed by atoms with Gasteiger partial charge in [-0.3, -0.25) is 9.59 Å². The first-order valence-electron chi connectivity index (χ1n) is 9.45. The van der Waals surface area contributed by atoms with E-state index in [0.717, 1.165) is 43.5 Å². The number of rotatable bonds is 2. The van der Waals surface area contributed by atoms with E-state index in [4.69, 9.17) is 0 Å². The molecule has 134 valence electrons. The summed E-state index contributed by atoms with van der Waals surface area (Å²) in [6.45, 7) is 6.72. The Bertz CT molecular complexity index is 656. The molecular formula is C20H27N3O2. The van der Waals surface area contributed by atoms with Crippen molar-refractivity contribution in [3.05, 3.63) is 35.4 Å². The third kappa shape index (κ3) is 3.17. The summed E-state index contributed by atoms with van der Waals surface area (Å²) in [5, 5.41) is 3.39. The number of hydrogen-bond acceptors (Lipinski definition) is 3. The lowest BCUT2D eigenvalue weighted by Gasteiger charge is -2.35. The van der Waals surface area contributed by atoms with Crippen LogP contribution in [-0.4, -0.2) is 60.9 Å². The quantitative estimate of drug-likeness (QED) is 0.890. The van der Waals surface area contributed by atoms with E-state index in [0.29, 0.717) is 32.1 Å². The maximum absolute atomic E-state index is 12.8. The van der Waals surface area contributed by atoms with Gasteiger partial charge in [-0.25, -0.2) is 0 Å². The Morgan fingerprint density at radius 2 is 1.60 bits per heavy atom. The fraction of sp³-hybridized carbons (Fsp3) is 0.600. The van der Waals surface area contributed by atoms with Crippen LogP contribution in [0.25, 0.3) is 0 Å². The van der Waals surface area contributed by atoms with Crippen LogP contribution in [0.3, 0.4) is 0 Å². The fourth-order valence-corrected chi connectivity index (χ4v) is 4.40. The predicted molar refractivity (Wildman–Crippen MR) is 96.3 cm³/mol. The van der Waals surface area contributed by atoms with Crippen LogP contribution in [0.4, 0.5) is 0 Å². The molecule has 2 amide bonds. The molecule has 1 atom stereocenters. The van der Waals surface area contributed by atoms with Crippen LogP contribution >= 0.6 is 0 Å². The second-order valence-corrected chi connectivity index (χ2v) is 7.85. The van der Waals surface area contributed by atoms with Crippen LogP contribution in [0, 0.1) is 18.3 Å². The molecule has 1 aromatic carbocycles. The van der Waals surface area contributed by atoms with E-state index in [2.05, 4.69) is 5.32 Å². The number of aryl methyl sites for hydroxylation is 1. The molecule has 2 saturated heterocycles. The second kappa shape index (κ2) is 6.45. The number of piperazine rings is 1. The Hall–Kier alpha value is -1.88. The van der Waals surface area contributed by atoms with Crippen LogP contribution < -0.4 is 5.32 Å². The number of amides is 2. The summed E-state index contributed by atoms with van der Waals surface area (Å²) < 4.78 is 0. The first-order chi connectivity index (χ1) is 12.1. The minimum absolute atomic E-state index is 0.0772. The molecular weight excluding hydrogens is 314 g/mol. The van der Waals surface area contributed by atoms with Gasteiger partial charge in [-0.2, -0.15) is 0 Å². The molecule has 2 aliphatic heterocycles. The molecule has 3 fully saturated rings. The first kappa shape index (κ1) is 16.6. The van der Waals surface area contributed by atoms with Gasteiger partial charge in [0.25, 0.3) is 5.91 Å². The summed E-state index contributed by atoms with van der Waals surface area (Å²) in [7, 11) is 0. The van der Waals surface area contributed by atoms with Gasteiger partial charge in [0.2, 0.25) is 5.91 Å². The molecule has 1 aromatic rings. The molecule has 0 aromatic heterocycles. The molecule has 1 N–H and O–H groups in total. The molecule has 1 aliphatic carbocycles. The van der Waals surface area contributed by atoms with Gasteiger partial charge in [-0.1, -0.05) is 17.7 Å². The predicted octanol–water partition coefficient (Wildman–Crippen LogP) is 1.67. The highest BCUT2D eigenvalue weighted by Gasteiger charge is 2.58. The van der Waals surface area contributed by atoms with E-state index in [1.165, 1.54) is 0 Å². The summed E-state index contributed by atoms with van der Waals surface area (Å²) in [4.78, 5) is 29.3. The number of hydrogen-bond donors (Lipinski definition) is 1. The van der Waals surface area contributed by atoms with Crippen LogP contribution in [0.5, 0.6) is 0 Å². The Balaban J connectivity index is 1.32. The molecule has 25 heavy (non-hydrogen) atoms. The Labute approximate surface area is 149 Å². The minimum Gasteiger partial charge on any atom is -0.339 e. The van der Waals surface area contributed by atoms with Crippen molar-refractivity contribution >= 4 is 11.8 Å². The summed E-state index contributed by atoms with van der Waals surface area (Å²) in [5.74, 6) is 0.631. The van der Waals surface area contributed by atoms with E-state index in [9.17, 15) is 9.59 Å². The zero-order chi connectivity index (χ0) is 17.4. The average molecular weight is 341 g/mol. The lowest BCUT2D eigenvalue weighted by Crippen LogP contribution is -2.51. The maximum atomic E-state index is 12.8. The normalized spacial score (nSPS) is 25.1. The third-order valence-corrected chi connectivity index (χ3v) is 6.26. The van der Waals surface area contributed by atoms with Gasteiger partial charge in [-0.15, -0.1) is 0 Å². The fourth-order valence-electron chi connectivity index (χ4n) is 4.40. The number of benzene rings is 1. The van der Waals surface area contributed by atoms with Gasteiger partial charge < -0.3 is 15.1 Å². The molecule has 1 saturated carbocycles. The standard InChI is InChI=1S/C20H27N3O2/c1-15-2-4-16(5-3-15)18(24)22-10-12-23(13-11-22)19(25)17-14-20(17)6-8-21-9-7-20/h2-5,17,21H,6-14H2,1H3. The van der Waals surface area contributed by atoms with Crippen molar-refractivity contribution in [3.63, 3.8) is 0 Å². The van der Waals surface area contributed by atoms with Crippen molar-refractivity contribution in [2.75, 3.05) is 39.3 Å². The molecule has 0 bridgehead atoms. The van der Waals surface area contributed by atoms with Crippen molar-refractivity contribution in [1.29, 1.82) is 0 Å². The lowest BCUT2D eigenvalue weighted by atomic mass is 9.91. The molecule has 1 unspecified atom stereocenters. The van der Waals surface area contributed by atoms with Crippen molar-refractivity contribution in [1.82, 2.24) is 15.1 Å². The van der Waals surface area contributed by atoms with Gasteiger partial charge in [0.1, 0.15) is 0 Å². The number of carbonyl (C=O) groups excluding carboxylic acids is 2. The maximum Gasteiger partial charge on any atom is 0.253 e. The monoisotopic (exact) mass is 341 g/mol. The van der Waals surface area contributed by atoms with E-state index in [1.807, 2.05) is 41.0 Å². The minimum atomic E-state index is 0.0772. The molecule has 5 heteroatoms. The number of piperidine rings is 1. The largest absolute Gasteiger partial charge is 0.339 e. The van der Waals surface area contributed by atoms with Crippen molar-refractivity contribution < 1.29 is 9.59 Å². The van der Waals surface area contributed by atoms with Crippen molar-refractivity contribution in [2.45, 2.75) is 26.2 Å². The molecule has 4 rings (SSSR count). The van der Waals surface area contributed by atoms with Crippen LogP contribution in [0.2, 0.25) is 0 Å². The molecule has 0 radical (unpaired) electrons. The number of carbonyl (C=O) groups is 2. The highest BCUT2D eigenvalue weighted by atomic mass is 16.2. The summed E-state index contributed by atoms with van der Waals surface area (Å²) in [5.41, 5.74) is 2.18. The zero-order valence-electron chi connectivity index (χ0n) is 15.0. The highest BCUT2D eigenvalue weighted by Crippen LogP contribution is 2.59. The van der Waals surface area contributed by atoms with Crippen LogP contribution in [0.1, 0.15) is 35.2 Å². The lowest BCUT2D eigenvalue weighted by molar-refractivity contribution is -0.135. The van der Waals surface area contributed by atoms with Gasteiger partial charge >= 0.3 is 0 Å². The molecule has 3 aliphatic rings. The number of nitrogens with zero attached hydrogens (tertiary/aromatic N) is 2. The van der Waals surface area contributed by atoms with Crippen LogP contribution in [-0.2, 0) is 4.79 Å². The third-order valence-electron chi connectivity index (χ3n) is 6.26. The van der Waals surface area contributed by atoms with Crippen molar-refractivity contribution in [3.8, 4) is 0 Å². The number of nitrogens with one attached hydrogen (secondary N) is 1. The van der Waals surface area contributed by atoms with Gasteiger partial charge in [0.15, 0.2) is 0 Å². The Morgan fingerprint density at radius 3 is 2.24 bits per heavy atom. The van der Waals surface area contributed by atoms with E-state index in [1.54, 1.807) is 0 Å². The second-order valence-electron chi connectivity index (χ2n) is 7.85. The van der Waals surface area contributed by atoms with Gasteiger partial charge in [0.05, 0.1) is 0 Å². The van der Waals surface area contributed by atoms with Gasteiger partial charge in [0, 0.05) is 37.7 Å². The summed E-state index contributed by atoms with van der Waals surface area (Å²) >= 11 is 0. The summed E-state index contributed by atoms with van der Waals surface area (Å²) in [6, 6.07) is 7.72. The average Bonchev–Trinajstić information content (AvgIpc) is 3.34. The highest BCUT2D eigenvalue weighted by molar-refractivity contribution is 5.94.